The van der Waals surface area contributed by atoms with Gasteiger partial charge in [0.05, 0.1) is 13.2 Å². The zero-order valence-corrected chi connectivity index (χ0v) is 16.9. The van der Waals surface area contributed by atoms with Crippen molar-refractivity contribution in [2.75, 3.05) is 80.3 Å². The molecule has 7 nitrogen and oxygen atoms in total. The normalized spacial score (nSPS) is 18.6. The first-order chi connectivity index (χ1) is 12.1. The number of rotatable bonds is 11. The second kappa shape index (κ2) is 13.3. The Morgan fingerprint density at radius 3 is 2.40 bits per heavy atom. The molecule has 0 aromatic heterocycles. The molecule has 0 aromatic carbocycles. The van der Waals surface area contributed by atoms with E-state index in [-0.39, 0.29) is 0 Å². The van der Waals surface area contributed by atoms with E-state index in [1.165, 1.54) is 0 Å². The Balaban J connectivity index is 2.26. The molecule has 1 saturated heterocycles. The third kappa shape index (κ3) is 9.39. The van der Waals surface area contributed by atoms with Crippen LogP contribution in [0.5, 0.6) is 0 Å². The number of ether oxygens (including phenoxy) is 2. The first-order valence-electron chi connectivity index (χ1n) is 9.52. The maximum atomic E-state index is 5.47. The first kappa shape index (κ1) is 22.2. The maximum absolute atomic E-state index is 5.47. The van der Waals surface area contributed by atoms with E-state index < -0.39 is 0 Å². The third-order valence-electron chi connectivity index (χ3n) is 4.67. The zero-order valence-electron chi connectivity index (χ0n) is 16.9. The highest BCUT2D eigenvalue weighted by Gasteiger charge is 2.24. The lowest BCUT2D eigenvalue weighted by atomic mass is 10.0. The van der Waals surface area contributed by atoms with Crippen molar-refractivity contribution >= 4 is 5.96 Å². The molecular formula is C18H39N5O2. The van der Waals surface area contributed by atoms with Gasteiger partial charge in [-0.05, 0) is 19.4 Å². The van der Waals surface area contributed by atoms with Gasteiger partial charge in [0.15, 0.2) is 5.96 Å². The number of aliphatic imine (C=N–C) groups is 1. The second-order valence-electron chi connectivity index (χ2n) is 6.99. The number of methoxy groups -OCH3 is 1. The fraction of sp³-hybridized carbons (Fsp3) is 0.944. The monoisotopic (exact) mass is 357 g/mol. The summed E-state index contributed by atoms with van der Waals surface area (Å²) >= 11 is 0. The average Bonchev–Trinajstić information content (AvgIpc) is 2.60. The minimum absolute atomic E-state index is 0.532. The van der Waals surface area contributed by atoms with Gasteiger partial charge in [-0.1, -0.05) is 13.8 Å². The summed E-state index contributed by atoms with van der Waals surface area (Å²) in [4.78, 5) is 9.34. The van der Waals surface area contributed by atoms with Crippen molar-refractivity contribution in [3.63, 3.8) is 0 Å². The first-order valence-corrected chi connectivity index (χ1v) is 9.52. The van der Waals surface area contributed by atoms with Crippen molar-refractivity contribution in [1.29, 1.82) is 0 Å². The van der Waals surface area contributed by atoms with Crippen molar-refractivity contribution in [2.45, 2.75) is 26.3 Å². The number of piperazine rings is 1. The van der Waals surface area contributed by atoms with Gasteiger partial charge in [0.1, 0.15) is 0 Å². The summed E-state index contributed by atoms with van der Waals surface area (Å²) in [5.41, 5.74) is 0. The van der Waals surface area contributed by atoms with Crippen molar-refractivity contribution < 1.29 is 9.47 Å². The van der Waals surface area contributed by atoms with Crippen LogP contribution in [-0.4, -0.2) is 102 Å². The lowest BCUT2D eigenvalue weighted by Gasteiger charge is -2.40. The number of hydrogen-bond donors (Lipinski definition) is 2. The molecule has 25 heavy (non-hydrogen) atoms. The molecule has 0 bridgehead atoms. The standard InChI is InChI=1S/C18H39N5O2/c1-16(2)17(23-10-8-22(4)9-11-23)15-21-18(19-3)20-7-6-12-25-14-13-24-5/h16-17H,6-15H2,1-5H3,(H2,19,20,21). The summed E-state index contributed by atoms with van der Waals surface area (Å²) in [6.45, 7) is 13.0. The summed E-state index contributed by atoms with van der Waals surface area (Å²) in [5.74, 6) is 1.49. The number of nitrogens with zero attached hydrogens (tertiary/aromatic N) is 3. The van der Waals surface area contributed by atoms with Gasteiger partial charge in [-0.15, -0.1) is 0 Å². The Bertz CT molecular complexity index is 357. The second-order valence-corrected chi connectivity index (χ2v) is 6.99. The maximum Gasteiger partial charge on any atom is 0.191 e. The molecule has 1 unspecified atom stereocenters. The smallest absolute Gasteiger partial charge is 0.191 e. The zero-order chi connectivity index (χ0) is 18.5. The van der Waals surface area contributed by atoms with Gasteiger partial charge in [0.25, 0.3) is 0 Å². The van der Waals surface area contributed by atoms with E-state index in [4.69, 9.17) is 9.47 Å². The Hall–Kier alpha value is -0.890. The van der Waals surface area contributed by atoms with E-state index in [1.807, 2.05) is 7.05 Å². The van der Waals surface area contributed by atoms with Crippen LogP contribution in [0.25, 0.3) is 0 Å². The molecule has 0 radical (unpaired) electrons. The van der Waals surface area contributed by atoms with E-state index in [9.17, 15) is 0 Å². The van der Waals surface area contributed by atoms with Crippen LogP contribution in [0.3, 0.4) is 0 Å². The Morgan fingerprint density at radius 2 is 1.80 bits per heavy atom. The number of guanidine groups is 1. The molecule has 2 N–H and O–H groups in total. The topological polar surface area (TPSA) is 61.4 Å². The van der Waals surface area contributed by atoms with Gasteiger partial charge in [-0.25, -0.2) is 0 Å². The molecule has 0 aromatic rings. The highest BCUT2D eigenvalue weighted by molar-refractivity contribution is 5.79. The van der Waals surface area contributed by atoms with Gasteiger partial charge in [-0.2, -0.15) is 0 Å². The van der Waals surface area contributed by atoms with Gasteiger partial charge < -0.3 is 25.0 Å². The third-order valence-corrected chi connectivity index (χ3v) is 4.67. The average molecular weight is 358 g/mol. The summed E-state index contributed by atoms with van der Waals surface area (Å²) in [7, 11) is 5.71. The highest BCUT2D eigenvalue weighted by Crippen LogP contribution is 2.12. The SMILES string of the molecule is CN=C(NCCCOCCOC)NCC(C(C)C)N1CCN(C)CC1. The Labute approximate surface area is 154 Å². The molecule has 0 aliphatic carbocycles. The summed E-state index contributed by atoms with van der Waals surface area (Å²) in [5, 5.41) is 6.86. The lowest BCUT2D eigenvalue weighted by Crippen LogP contribution is -2.55. The van der Waals surface area contributed by atoms with E-state index in [2.05, 4.69) is 46.3 Å². The molecule has 7 heteroatoms. The fourth-order valence-corrected chi connectivity index (χ4v) is 2.99. The van der Waals surface area contributed by atoms with Gasteiger partial charge >= 0.3 is 0 Å². The predicted molar refractivity (Wildman–Crippen MR) is 104 cm³/mol. The molecule has 1 rings (SSSR count). The molecule has 148 valence electrons. The minimum Gasteiger partial charge on any atom is -0.382 e. The van der Waals surface area contributed by atoms with Crippen LogP contribution in [0, 0.1) is 5.92 Å². The summed E-state index contributed by atoms with van der Waals surface area (Å²) < 4.78 is 10.4. The largest absolute Gasteiger partial charge is 0.382 e. The molecule has 0 amide bonds. The van der Waals surface area contributed by atoms with Crippen molar-refractivity contribution in [3.05, 3.63) is 0 Å². The van der Waals surface area contributed by atoms with Crippen molar-refractivity contribution in [2.24, 2.45) is 10.9 Å². The predicted octanol–water partition coefficient (Wildman–Crippen LogP) is 0.477. The van der Waals surface area contributed by atoms with Crippen LogP contribution in [0.1, 0.15) is 20.3 Å². The van der Waals surface area contributed by atoms with E-state index >= 15 is 0 Å². The Morgan fingerprint density at radius 1 is 1.08 bits per heavy atom. The van der Waals surface area contributed by atoms with Crippen LogP contribution in [-0.2, 0) is 9.47 Å². The Kier molecular flexibility index (Phi) is 11.8. The van der Waals surface area contributed by atoms with Gasteiger partial charge in [0, 0.05) is 66.1 Å². The summed E-state index contributed by atoms with van der Waals surface area (Å²) in [6, 6.07) is 0.532. The highest BCUT2D eigenvalue weighted by atomic mass is 16.5. The van der Waals surface area contributed by atoms with Crippen LogP contribution >= 0.6 is 0 Å². The lowest BCUT2D eigenvalue weighted by molar-refractivity contribution is 0.0698. The van der Waals surface area contributed by atoms with E-state index in [1.54, 1.807) is 7.11 Å². The molecule has 1 fully saturated rings. The molecular weight excluding hydrogens is 318 g/mol. The van der Waals surface area contributed by atoms with E-state index in [0.29, 0.717) is 25.2 Å². The fourth-order valence-electron chi connectivity index (χ4n) is 2.99. The van der Waals surface area contributed by atoms with Crippen LogP contribution in [0.15, 0.2) is 4.99 Å². The van der Waals surface area contributed by atoms with E-state index in [0.717, 1.165) is 58.3 Å². The van der Waals surface area contributed by atoms with Crippen molar-refractivity contribution in [3.8, 4) is 0 Å². The number of hydrogen-bond acceptors (Lipinski definition) is 5. The molecule has 1 aliphatic rings. The summed E-state index contributed by atoms with van der Waals surface area (Å²) in [6.07, 6.45) is 0.955. The van der Waals surface area contributed by atoms with Crippen molar-refractivity contribution in [1.82, 2.24) is 20.4 Å². The molecule has 1 heterocycles. The van der Waals surface area contributed by atoms with Crippen LogP contribution in [0.2, 0.25) is 0 Å². The van der Waals surface area contributed by atoms with Crippen LogP contribution in [0.4, 0.5) is 0 Å². The van der Waals surface area contributed by atoms with Crippen LogP contribution < -0.4 is 10.6 Å². The number of nitrogens with one attached hydrogen (secondary N) is 2. The molecule has 1 atom stereocenters. The van der Waals surface area contributed by atoms with Gasteiger partial charge in [-0.3, -0.25) is 9.89 Å². The number of likely N-dealkylation sites (N-methyl/N-ethyl adjacent to an activating group) is 1. The molecule has 0 saturated carbocycles. The quantitative estimate of drug-likeness (QED) is 0.319. The van der Waals surface area contributed by atoms with Gasteiger partial charge in [0.2, 0.25) is 0 Å². The molecule has 1 aliphatic heterocycles. The molecule has 0 spiro atoms. The minimum atomic E-state index is 0.532.